The van der Waals surface area contributed by atoms with Crippen LogP contribution in [0.15, 0.2) is 18.2 Å². The Morgan fingerprint density at radius 3 is 2.50 bits per heavy atom. The number of amides is 1. The largest absolute Gasteiger partial charge is 0.381 e. The molecule has 3 nitrogen and oxygen atoms in total. The lowest BCUT2D eigenvalue weighted by atomic mass is 10.1. The summed E-state index contributed by atoms with van der Waals surface area (Å²) in [6.45, 7) is 2.77. The molecule has 0 aliphatic rings. The van der Waals surface area contributed by atoms with Crippen LogP contribution in [0.5, 0.6) is 0 Å². The molecule has 0 bridgehead atoms. The van der Waals surface area contributed by atoms with Gasteiger partial charge >= 0.3 is 0 Å². The number of rotatable bonds is 2. The summed E-state index contributed by atoms with van der Waals surface area (Å²) >= 11 is 5.60. The van der Waals surface area contributed by atoms with E-state index in [1.807, 2.05) is 0 Å². The van der Waals surface area contributed by atoms with E-state index >= 15 is 0 Å². The standard InChI is InChI=1S/C11H13ClFNO2/c1-11(2,16)10(15)14(3)7-4-5-9(13)8(12)6-7/h4-6,16H,1-3H3. The molecule has 0 aliphatic carbocycles. The molecule has 1 N–H and O–H groups in total. The predicted molar refractivity (Wildman–Crippen MR) is 61.1 cm³/mol. The van der Waals surface area contributed by atoms with E-state index in [0.717, 1.165) is 0 Å². The average Bonchev–Trinajstić information content (AvgIpc) is 2.18. The summed E-state index contributed by atoms with van der Waals surface area (Å²) in [4.78, 5) is 12.9. The highest BCUT2D eigenvalue weighted by molar-refractivity contribution is 6.31. The molecule has 5 heteroatoms. The van der Waals surface area contributed by atoms with Crippen LogP contribution in [-0.2, 0) is 4.79 Å². The number of halogens is 2. The van der Waals surface area contributed by atoms with E-state index in [-0.39, 0.29) is 5.02 Å². The van der Waals surface area contributed by atoms with Crippen LogP contribution in [0.1, 0.15) is 13.8 Å². The zero-order valence-corrected chi connectivity index (χ0v) is 10.0. The molecule has 88 valence electrons. The highest BCUT2D eigenvalue weighted by Gasteiger charge is 2.28. The predicted octanol–water partition coefficient (Wildman–Crippen LogP) is 2.21. The molecule has 1 rings (SSSR count). The second kappa shape index (κ2) is 4.39. The summed E-state index contributed by atoms with van der Waals surface area (Å²) in [5.74, 6) is -1.04. The van der Waals surface area contributed by atoms with E-state index in [2.05, 4.69) is 0 Å². The van der Waals surface area contributed by atoms with E-state index in [1.165, 1.54) is 44.0 Å². The number of carbonyl (C=O) groups is 1. The minimum atomic E-state index is -1.48. The molecule has 0 radical (unpaired) electrons. The van der Waals surface area contributed by atoms with Crippen molar-refractivity contribution >= 4 is 23.2 Å². The number of anilines is 1. The van der Waals surface area contributed by atoms with Crippen molar-refractivity contribution in [1.82, 2.24) is 0 Å². The fraction of sp³-hybridized carbons (Fsp3) is 0.364. The molecule has 0 saturated carbocycles. The zero-order chi connectivity index (χ0) is 12.5. The second-order valence-corrected chi connectivity index (χ2v) is 4.43. The maximum atomic E-state index is 12.9. The van der Waals surface area contributed by atoms with Gasteiger partial charge in [-0.15, -0.1) is 0 Å². The van der Waals surface area contributed by atoms with Gasteiger partial charge in [-0.1, -0.05) is 11.6 Å². The number of benzene rings is 1. The monoisotopic (exact) mass is 245 g/mol. The van der Waals surface area contributed by atoms with Crippen molar-refractivity contribution in [2.45, 2.75) is 19.4 Å². The van der Waals surface area contributed by atoms with E-state index in [1.54, 1.807) is 0 Å². The van der Waals surface area contributed by atoms with Crippen LogP contribution in [0.4, 0.5) is 10.1 Å². The molecule has 0 saturated heterocycles. The van der Waals surface area contributed by atoms with Gasteiger partial charge in [0.1, 0.15) is 11.4 Å². The van der Waals surface area contributed by atoms with Crippen molar-refractivity contribution in [3.63, 3.8) is 0 Å². The maximum absolute atomic E-state index is 12.9. The number of hydrogen-bond donors (Lipinski definition) is 1. The van der Waals surface area contributed by atoms with Gasteiger partial charge in [0, 0.05) is 12.7 Å². The number of nitrogens with zero attached hydrogens (tertiary/aromatic N) is 1. The van der Waals surface area contributed by atoms with Crippen molar-refractivity contribution in [3.8, 4) is 0 Å². The van der Waals surface area contributed by atoms with Crippen LogP contribution in [0.25, 0.3) is 0 Å². The van der Waals surface area contributed by atoms with Crippen LogP contribution >= 0.6 is 11.6 Å². The summed E-state index contributed by atoms with van der Waals surface area (Å²) in [5, 5.41) is 9.48. The number of likely N-dealkylation sites (N-methyl/N-ethyl adjacent to an activating group) is 1. The highest BCUT2D eigenvalue weighted by Crippen LogP contribution is 2.23. The van der Waals surface area contributed by atoms with Crippen LogP contribution in [-0.4, -0.2) is 23.7 Å². The summed E-state index contributed by atoms with van der Waals surface area (Å²) < 4.78 is 12.9. The Morgan fingerprint density at radius 1 is 1.50 bits per heavy atom. The van der Waals surface area contributed by atoms with Gasteiger partial charge in [-0.3, -0.25) is 4.79 Å². The van der Waals surface area contributed by atoms with Gasteiger partial charge in [-0.25, -0.2) is 4.39 Å². The molecular formula is C11H13ClFNO2. The fourth-order valence-electron chi connectivity index (χ4n) is 1.22. The molecular weight excluding hydrogens is 233 g/mol. The third-order valence-electron chi connectivity index (χ3n) is 2.12. The Labute approximate surface area is 98.4 Å². The van der Waals surface area contributed by atoms with Crippen molar-refractivity contribution in [2.75, 3.05) is 11.9 Å². The maximum Gasteiger partial charge on any atom is 0.258 e. The molecule has 0 spiro atoms. The highest BCUT2D eigenvalue weighted by atomic mass is 35.5. The average molecular weight is 246 g/mol. The Balaban J connectivity index is 3.01. The molecule has 1 amide bonds. The van der Waals surface area contributed by atoms with E-state index in [4.69, 9.17) is 11.6 Å². The van der Waals surface area contributed by atoms with Crippen LogP contribution in [0, 0.1) is 5.82 Å². The SMILES string of the molecule is CN(C(=O)C(C)(C)O)c1ccc(F)c(Cl)c1. The first-order valence-electron chi connectivity index (χ1n) is 4.69. The normalized spacial score (nSPS) is 11.4. The first-order valence-corrected chi connectivity index (χ1v) is 5.07. The zero-order valence-electron chi connectivity index (χ0n) is 9.29. The van der Waals surface area contributed by atoms with Crippen molar-refractivity contribution in [1.29, 1.82) is 0 Å². The first-order chi connectivity index (χ1) is 7.23. The van der Waals surface area contributed by atoms with Crippen molar-refractivity contribution in [3.05, 3.63) is 29.0 Å². The van der Waals surface area contributed by atoms with Gasteiger partial charge < -0.3 is 10.0 Å². The summed E-state index contributed by atoms with van der Waals surface area (Å²) in [7, 11) is 1.49. The molecule has 0 fully saturated rings. The Hall–Kier alpha value is -1.13. The van der Waals surface area contributed by atoms with E-state index in [0.29, 0.717) is 5.69 Å². The summed E-state index contributed by atoms with van der Waals surface area (Å²) in [6.07, 6.45) is 0. The van der Waals surface area contributed by atoms with Gasteiger partial charge in [0.25, 0.3) is 5.91 Å². The van der Waals surface area contributed by atoms with Crippen LogP contribution in [0.2, 0.25) is 5.02 Å². The van der Waals surface area contributed by atoms with Crippen molar-refractivity contribution in [2.24, 2.45) is 0 Å². The quantitative estimate of drug-likeness (QED) is 0.868. The fourth-order valence-corrected chi connectivity index (χ4v) is 1.40. The van der Waals surface area contributed by atoms with Gasteiger partial charge in [0.15, 0.2) is 0 Å². The lowest BCUT2D eigenvalue weighted by Crippen LogP contribution is -2.43. The molecule has 0 atom stereocenters. The van der Waals surface area contributed by atoms with Gasteiger partial charge in [-0.05, 0) is 32.0 Å². The van der Waals surface area contributed by atoms with Gasteiger partial charge in [-0.2, -0.15) is 0 Å². The molecule has 0 aliphatic heterocycles. The second-order valence-electron chi connectivity index (χ2n) is 4.02. The molecule has 0 heterocycles. The molecule has 1 aromatic carbocycles. The third-order valence-corrected chi connectivity index (χ3v) is 2.41. The summed E-state index contributed by atoms with van der Waals surface area (Å²) in [6, 6.07) is 3.93. The van der Waals surface area contributed by atoms with Crippen LogP contribution in [0.3, 0.4) is 0 Å². The molecule has 0 aromatic heterocycles. The molecule has 0 unspecified atom stereocenters. The third kappa shape index (κ3) is 2.71. The minimum Gasteiger partial charge on any atom is -0.381 e. The van der Waals surface area contributed by atoms with Gasteiger partial charge in [0.2, 0.25) is 0 Å². The van der Waals surface area contributed by atoms with Gasteiger partial charge in [0.05, 0.1) is 5.02 Å². The Morgan fingerprint density at radius 2 is 2.06 bits per heavy atom. The minimum absolute atomic E-state index is 0.0621. The summed E-state index contributed by atoms with van der Waals surface area (Å²) in [5.41, 5.74) is -1.05. The number of hydrogen-bond acceptors (Lipinski definition) is 2. The van der Waals surface area contributed by atoms with E-state index < -0.39 is 17.3 Å². The van der Waals surface area contributed by atoms with Crippen LogP contribution < -0.4 is 4.90 Å². The lowest BCUT2D eigenvalue weighted by molar-refractivity contribution is -0.133. The number of carbonyl (C=O) groups excluding carboxylic acids is 1. The molecule has 16 heavy (non-hydrogen) atoms. The Bertz CT molecular complexity index is 415. The smallest absolute Gasteiger partial charge is 0.258 e. The van der Waals surface area contributed by atoms with E-state index in [9.17, 15) is 14.3 Å². The Kier molecular flexibility index (Phi) is 3.55. The number of aliphatic hydroxyl groups is 1. The molecule has 1 aromatic rings. The lowest BCUT2D eigenvalue weighted by Gasteiger charge is -2.25. The first kappa shape index (κ1) is 12.9. The topological polar surface area (TPSA) is 40.5 Å². The van der Waals surface area contributed by atoms with Crippen molar-refractivity contribution < 1.29 is 14.3 Å².